The fraction of sp³-hybridized carbons (Fsp3) is 0.486. The van der Waals surface area contributed by atoms with Gasteiger partial charge in [-0.2, -0.15) is 4.91 Å². The van der Waals surface area contributed by atoms with E-state index in [1.807, 2.05) is 51.1 Å². The van der Waals surface area contributed by atoms with Crippen LogP contribution in [0.3, 0.4) is 0 Å². The summed E-state index contributed by atoms with van der Waals surface area (Å²) in [5.74, 6) is -2.15. The Kier molecular flexibility index (Phi) is 17.3. The number of carboxylic acids is 1. The van der Waals surface area contributed by atoms with Crippen LogP contribution in [-0.2, 0) is 19.1 Å². The number of allylic oxidation sites excluding steroid dienone is 1. The van der Waals surface area contributed by atoms with Crippen molar-refractivity contribution in [1.82, 2.24) is 0 Å². The van der Waals surface area contributed by atoms with Gasteiger partial charge in [-0.05, 0) is 98.2 Å². The van der Waals surface area contributed by atoms with Gasteiger partial charge >= 0.3 is 17.9 Å². The Morgan fingerprint density at radius 3 is 2.06 bits per heavy atom. The van der Waals surface area contributed by atoms with Crippen molar-refractivity contribution in [3.63, 3.8) is 0 Å². The highest BCUT2D eigenvalue weighted by molar-refractivity contribution is 5.96. The van der Waals surface area contributed by atoms with Crippen molar-refractivity contribution in [2.24, 2.45) is 11.1 Å². The van der Waals surface area contributed by atoms with Crippen molar-refractivity contribution in [2.45, 2.75) is 84.6 Å². The number of nitrogens with zero attached hydrogens (tertiary/aromatic N) is 1. The minimum absolute atomic E-state index is 0.0943. The van der Waals surface area contributed by atoms with E-state index < -0.39 is 23.9 Å². The molecule has 0 saturated heterocycles. The lowest BCUT2D eigenvalue weighted by Gasteiger charge is -2.13. The zero-order valence-electron chi connectivity index (χ0n) is 27.9. The molecule has 2 aromatic carbocycles. The standard InChI is InChI=1S/C37H49NO9/c1-5-28(36(43)46-16-8-6-10-25(2)23-39)21-33(37(44)47-17-9-7-11-34(24-40)38-45)20-27(4)29-12-14-30(15-13-29)31-18-26(3)19-32(22-31)35(41)42/h12-15,18-22,25,27,34,39-40H,5-11,16-17,23-24H2,1-4H3,(H,41,42)/b28-21+,33-20+. The number of esters is 2. The Labute approximate surface area is 277 Å². The number of aliphatic hydroxyl groups excluding tert-OH is 2. The molecule has 0 aromatic heterocycles. The van der Waals surface area contributed by atoms with Gasteiger partial charge in [0.1, 0.15) is 6.04 Å². The van der Waals surface area contributed by atoms with Crippen LogP contribution in [0.4, 0.5) is 0 Å². The van der Waals surface area contributed by atoms with Gasteiger partial charge in [-0.1, -0.05) is 62.4 Å². The van der Waals surface area contributed by atoms with Crippen molar-refractivity contribution in [3.8, 4) is 11.1 Å². The summed E-state index contributed by atoms with van der Waals surface area (Å²) in [5, 5.41) is 30.6. The fourth-order valence-corrected chi connectivity index (χ4v) is 4.94. The normalized spacial score (nSPS) is 13.8. The lowest BCUT2D eigenvalue weighted by molar-refractivity contribution is -0.139. The molecule has 0 aliphatic carbocycles. The van der Waals surface area contributed by atoms with Gasteiger partial charge in [0, 0.05) is 18.1 Å². The molecule has 0 radical (unpaired) electrons. The molecule has 3 unspecified atom stereocenters. The van der Waals surface area contributed by atoms with Gasteiger partial charge in [0.25, 0.3) is 0 Å². The number of unbranched alkanes of at least 4 members (excludes halogenated alkanes) is 2. The molecule has 0 aliphatic heterocycles. The first-order chi connectivity index (χ1) is 22.5. The molecule has 0 fully saturated rings. The van der Waals surface area contributed by atoms with Crippen molar-refractivity contribution in [1.29, 1.82) is 0 Å². The third-order valence-electron chi connectivity index (χ3n) is 7.89. The average molecular weight is 652 g/mol. The van der Waals surface area contributed by atoms with Crippen molar-refractivity contribution < 1.29 is 39.2 Å². The van der Waals surface area contributed by atoms with E-state index in [9.17, 15) is 29.5 Å². The van der Waals surface area contributed by atoms with Gasteiger partial charge in [0.15, 0.2) is 0 Å². The van der Waals surface area contributed by atoms with Gasteiger partial charge < -0.3 is 24.8 Å². The summed E-state index contributed by atoms with van der Waals surface area (Å²) in [6.45, 7) is 7.66. The Morgan fingerprint density at radius 2 is 1.49 bits per heavy atom. The van der Waals surface area contributed by atoms with E-state index in [0.717, 1.165) is 35.1 Å². The van der Waals surface area contributed by atoms with E-state index in [1.165, 1.54) is 6.08 Å². The molecule has 0 bridgehead atoms. The van der Waals surface area contributed by atoms with E-state index in [1.54, 1.807) is 25.1 Å². The topological polar surface area (TPSA) is 160 Å². The van der Waals surface area contributed by atoms with Crippen LogP contribution in [0.1, 0.15) is 93.1 Å². The molecule has 3 atom stereocenters. The molecule has 2 aromatic rings. The molecule has 47 heavy (non-hydrogen) atoms. The molecule has 0 saturated carbocycles. The predicted molar refractivity (Wildman–Crippen MR) is 181 cm³/mol. The molecule has 10 nitrogen and oxygen atoms in total. The average Bonchev–Trinajstić information content (AvgIpc) is 3.07. The number of benzene rings is 2. The monoisotopic (exact) mass is 651 g/mol. The van der Waals surface area contributed by atoms with Crippen molar-refractivity contribution >= 4 is 17.9 Å². The van der Waals surface area contributed by atoms with E-state index in [-0.39, 0.29) is 49.4 Å². The summed E-state index contributed by atoms with van der Waals surface area (Å²) < 4.78 is 11.0. The first-order valence-corrected chi connectivity index (χ1v) is 16.3. The van der Waals surface area contributed by atoms with Crippen molar-refractivity contribution in [3.05, 3.63) is 87.4 Å². The van der Waals surface area contributed by atoms with E-state index >= 15 is 0 Å². The summed E-state index contributed by atoms with van der Waals surface area (Å²) in [5.41, 5.74) is 4.12. The predicted octanol–water partition coefficient (Wildman–Crippen LogP) is 6.91. The third kappa shape index (κ3) is 13.6. The zero-order valence-corrected chi connectivity index (χ0v) is 27.9. The number of carbonyl (C=O) groups excluding carboxylic acids is 2. The van der Waals surface area contributed by atoms with E-state index in [4.69, 9.17) is 14.6 Å². The number of carboxylic acid groups (broad SMARTS) is 1. The summed E-state index contributed by atoms with van der Waals surface area (Å²) >= 11 is 0. The molecule has 0 spiro atoms. The second-order valence-electron chi connectivity index (χ2n) is 11.9. The number of aliphatic hydroxyl groups is 2. The van der Waals surface area contributed by atoms with Gasteiger partial charge in [0.05, 0.1) is 31.0 Å². The minimum atomic E-state index is -0.992. The molecule has 0 amide bonds. The lowest BCUT2D eigenvalue weighted by atomic mass is 9.94. The maximum atomic E-state index is 13.3. The molecule has 3 N–H and O–H groups in total. The van der Waals surface area contributed by atoms with Crippen LogP contribution in [0, 0.1) is 17.7 Å². The number of aromatic carboxylic acids is 1. The van der Waals surface area contributed by atoms with Gasteiger partial charge in [0.2, 0.25) is 0 Å². The number of hydrogen-bond donors (Lipinski definition) is 3. The van der Waals surface area contributed by atoms with E-state index in [0.29, 0.717) is 37.7 Å². The summed E-state index contributed by atoms with van der Waals surface area (Å²) in [4.78, 5) is 48.4. The highest BCUT2D eigenvalue weighted by atomic mass is 16.5. The number of hydrogen-bond acceptors (Lipinski definition) is 9. The van der Waals surface area contributed by atoms with Gasteiger partial charge in [-0.15, -0.1) is 0 Å². The Balaban J connectivity index is 2.25. The third-order valence-corrected chi connectivity index (χ3v) is 7.89. The fourth-order valence-electron chi connectivity index (χ4n) is 4.94. The quantitative estimate of drug-likeness (QED) is 0.0428. The molecular weight excluding hydrogens is 602 g/mol. The van der Waals surface area contributed by atoms with Crippen LogP contribution >= 0.6 is 0 Å². The highest BCUT2D eigenvalue weighted by Gasteiger charge is 2.17. The smallest absolute Gasteiger partial charge is 0.337 e. The number of ether oxygens (including phenoxy) is 2. The van der Waals surface area contributed by atoms with Crippen molar-refractivity contribution in [2.75, 3.05) is 26.4 Å². The SMILES string of the molecule is CC/C(=C\C(=C/C(C)c1ccc(-c2cc(C)cc(C(=O)O)c2)cc1)C(=O)OCCCCC(CO)N=O)C(=O)OCCCCC(C)CO. The maximum absolute atomic E-state index is 13.3. The highest BCUT2D eigenvalue weighted by Crippen LogP contribution is 2.27. The second kappa shape index (κ2) is 20.9. The summed E-state index contributed by atoms with van der Waals surface area (Å²) in [6, 6.07) is 12.1. The first-order valence-electron chi connectivity index (χ1n) is 16.3. The van der Waals surface area contributed by atoms with E-state index in [2.05, 4.69) is 5.18 Å². The van der Waals surface area contributed by atoms with Gasteiger partial charge in [-0.25, -0.2) is 14.4 Å². The van der Waals surface area contributed by atoms with Crippen LogP contribution < -0.4 is 0 Å². The number of aryl methyl sites for hydroxylation is 1. The maximum Gasteiger partial charge on any atom is 0.337 e. The number of rotatable bonds is 21. The Morgan fingerprint density at radius 1 is 0.851 bits per heavy atom. The summed E-state index contributed by atoms with van der Waals surface area (Å²) in [7, 11) is 0. The molecule has 10 heteroatoms. The molecular formula is C37H49NO9. The second-order valence-corrected chi connectivity index (χ2v) is 11.9. The number of carbonyl (C=O) groups is 3. The van der Waals surface area contributed by atoms with Crippen LogP contribution in [0.5, 0.6) is 0 Å². The first kappa shape index (κ1) is 39.0. The number of nitroso groups, excluding NO2 is 1. The van der Waals surface area contributed by atoms with Crippen LogP contribution in [0.15, 0.2) is 70.9 Å². The molecule has 2 rings (SSSR count). The van der Waals surface area contributed by atoms with Crippen LogP contribution in [-0.4, -0.2) is 65.7 Å². The molecule has 0 aliphatic rings. The Bertz CT molecular complexity index is 1380. The Hall–Kier alpha value is -4.15. The van der Waals surface area contributed by atoms with Crippen LogP contribution in [0.25, 0.3) is 11.1 Å². The lowest BCUT2D eigenvalue weighted by Crippen LogP contribution is -2.14. The molecule has 256 valence electrons. The largest absolute Gasteiger partial charge is 0.478 e. The van der Waals surface area contributed by atoms with Crippen LogP contribution in [0.2, 0.25) is 0 Å². The van der Waals surface area contributed by atoms with Gasteiger partial charge in [-0.3, -0.25) is 0 Å². The summed E-state index contributed by atoms with van der Waals surface area (Å²) in [6.07, 6.45) is 7.32. The molecule has 0 heterocycles. The zero-order chi connectivity index (χ0) is 34.8. The minimum Gasteiger partial charge on any atom is -0.478 e.